The van der Waals surface area contributed by atoms with E-state index in [0.29, 0.717) is 120 Å². The molecule has 4 atom stereocenters. The second-order valence-electron chi connectivity index (χ2n) is 37.6. The topological polar surface area (TPSA) is 267 Å². The molecule has 4 aliphatic carbocycles. The van der Waals surface area contributed by atoms with E-state index in [4.69, 9.17) is 44.9 Å². The summed E-state index contributed by atoms with van der Waals surface area (Å²) in [6, 6.07) is 99.9. The quantitative estimate of drug-likeness (QED) is 0.0258. The van der Waals surface area contributed by atoms with E-state index < -0.39 is 50.0 Å². The van der Waals surface area contributed by atoms with Crippen LogP contribution in [0.2, 0.25) is 0 Å². The lowest BCUT2D eigenvalue weighted by Gasteiger charge is -2.30. The number of carboxylic acids is 4. The zero-order valence-electron chi connectivity index (χ0n) is 86.8. The van der Waals surface area contributed by atoms with Crippen LogP contribution in [0, 0.1) is 6.92 Å². The van der Waals surface area contributed by atoms with Crippen LogP contribution >= 0.6 is 11.3 Å². The summed E-state index contributed by atoms with van der Waals surface area (Å²) in [5.74, 6) is -1.29. The molecule has 0 radical (unpaired) electrons. The van der Waals surface area contributed by atoms with E-state index in [1.165, 1.54) is 27.1 Å². The van der Waals surface area contributed by atoms with E-state index in [1.54, 1.807) is 30.9 Å². The first-order valence-corrected chi connectivity index (χ1v) is 52.2. The van der Waals surface area contributed by atoms with Crippen LogP contribution in [-0.4, -0.2) is 138 Å². The van der Waals surface area contributed by atoms with Crippen molar-refractivity contribution in [2.45, 2.75) is 224 Å². The Bertz CT molecular complexity index is 6830. The van der Waals surface area contributed by atoms with Gasteiger partial charge in [0, 0.05) is 120 Å². The molecule has 0 aliphatic heterocycles. The predicted molar refractivity (Wildman–Crippen MR) is 578 cm³/mol. The van der Waals surface area contributed by atoms with Gasteiger partial charge in [0.15, 0.2) is 0 Å². The minimum absolute atomic E-state index is 0.0284. The van der Waals surface area contributed by atoms with Gasteiger partial charge < -0.3 is 59.0 Å². The van der Waals surface area contributed by atoms with Gasteiger partial charge in [-0.15, -0.1) is 0 Å². The second-order valence-corrected chi connectivity index (χ2v) is 38.4. The van der Waals surface area contributed by atoms with E-state index in [2.05, 4.69) is 85.1 Å². The maximum atomic E-state index is 13.8. The van der Waals surface area contributed by atoms with E-state index in [-0.39, 0.29) is 73.5 Å². The number of carbonyl (C=O) groups excluding carboxylic acids is 4. The van der Waals surface area contributed by atoms with Crippen molar-refractivity contribution in [3.05, 3.63) is 370 Å². The fourth-order valence-electron chi connectivity index (χ4n) is 17.9. The van der Waals surface area contributed by atoms with Crippen molar-refractivity contribution >= 4 is 80.4 Å². The largest absolute Gasteiger partial charge is 0.493 e. The highest BCUT2D eigenvalue weighted by atomic mass is 32.1. The van der Waals surface area contributed by atoms with E-state index in [0.717, 1.165) is 160 Å². The Balaban J connectivity index is 0.000000150. The number of ether oxygens (including phenoxy) is 4. The van der Waals surface area contributed by atoms with Crippen molar-refractivity contribution in [2.75, 3.05) is 26.4 Å². The monoisotopic (exact) mass is 1980 g/mol. The number of aliphatic carboxylic acids is 4. The highest BCUT2D eigenvalue weighted by Crippen LogP contribution is 2.40. The number of thiophene rings is 1. The number of amides is 4. The Labute approximate surface area is 866 Å². The SMILES string of the molecule is [2H]C(c1ccccc1OCCCCCC(=O)O)N(C(=O)c1ccc(-c2ccc3ccccc3c2)cc1)C1CC1.[2H]C(c1ccccc1OCCCCCC(=O)O)N(C(=O)c1ccc(-c2cccc3ccccc23)cc1)C1CC1.[2H]C(c1ccccc1OCCCCCC(=O)O)N(C(=O)c1ccc(-c2ccccc2C)cc1)C1CC1.[2H]C(c1ccccc1OCCCCCC(=O)O)N(C(=O)c1ccc(-c2ccsc2)cc1)C1CCCC1. The molecule has 1 heterocycles. The van der Waals surface area contributed by atoms with Gasteiger partial charge in [-0.1, -0.05) is 237 Å². The Kier molecular flexibility index (Phi) is 37.0. The number of hydrogen-bond donors (Lipinski definition) is 4. The third-order valence-electron chi connectivity index (χ3n) is 26.5. The van der Waals surface area contributed by atoms with Gasteiger partial charge in [-0.05, 0) is 303 Å². The van der Waals surface area contributed by atoms with Gasteiger partial charge in [-0.2, -0.15) is 11.3 Å². The molecule has 0 saturated heterocycles. The third kappa shape index (κ3) is 31.3. The minimum atomic E-state index is -0.883. The molecule has 4 aliphatic rings. The maximum absolute atomic E-state index is 13.8. The Morgan fingerprint density at radius 2 is 0.589 bits per heavy atom. The zero-order valence-corrected chi connectivity index (χ0v) is 83.6. The normalized spacial score (nSPS) is 14.3. The van der Waals surface area contributed by atoms with Crippen LogP contribution in [0.3, 0.4) is 0 Å². The summed E-state index contributed by atoms with van der Waals surface area (Å²) in [6.07, 6.45) is 18.4. The van der Waals surface area contributed by atoms with Gasteiger partial charge in [-0.3, -0.25) is 38.4 Å². The van der Waals surface area contributed by atoms with E-state index in [9.17, 15) is 38.4 Å². The number of rotatable bonds is 48. The summed E-state index contributed by atoms with van der Waals surface area (Å²) in [4.78, 5) is 104. The first kappa shape index (κ1) is 99.8. The van der Waals surface area contributed by atoms with E-state index in [1.807, 2.05) is 242 Å². The molecule has 4 fully saturated rings. The number of carbonyl (C=O) groups is 8. The average molecular weight is 1980 g/mol. The first-order chi connectivity index (χ1) is 73.0. The Morgan fingerprint density at radius 1 is 0.288 bits per heavy atom. The fraction of sp³-hybridized carbons (Fsp3) is 0.312. The van der Waals surface area contributed by atoms with Crippen LogP contribution in [0.15, 0.2) is 320 Å². The van der Waals surface area contributed by atoms with Crippen LogP contribution in [0.4, 0.5) is 0 Å². The summed E-state index contributed by atoms with van der Waals surface area (Å²) in [6.45, 7) is 0.340. The molecule has 4 unspecified atom stereocenters. The standard InChI is InChI=1S/2C33H33NO4.C30H33NO4.C29H33NO4S/c35-32(36)15-2-1-7-22-38-31-14-6-4-10-27(31)23-34(28-20-21-28)33(37)26-18-16-25(17-19-26)30-13-8-11-24-9-3-5-12-29(24)30;35-32(36)12-2-1-7-21-38-31-11-6-5-10-29(31)23-34(30-19-20-30)33(37)26-16-13-25(14-17-26)28-18-15-24-8-3-4-9-27(24)22-28;1-22-9-4-6-11-27(22)23-14-16-24(17-15-23)30(34)31(26-18-19-26)21-25-10-5-7-12-28(25)35-20-8-2-3-13-29(32)33;31-28(32)12-2-1-7-18-34-27-11-6-3-8-24(27)20-30(26-9-4-5-10-26)29(33)23-15-13-22(14-16-23)25-17-19-35-21-25/h3-6,8-14,16-19,28H,1-2,7,15,20-23H2,(H,35,36);3-6,8-11,13-18,22,30H,1-2,7,12,19-21,23H2,(H,35,36);4-7,9-12,14-17,26H,2-3,8,13,18-21H2,1H3,(H,32,33);3,6,8,11,13-17,19,21,26H,1-2,4-5,7,9-10,12,18,20H2,(H,31,32)/i2*23D;21D;20D. The van der Waals surface area contributed by atoms with Gasteiger partial charge in [0.1, 0.15) is 23.0 Å². The molecule has 146 heavy (non-hydrogen) atoms. The molecule has 4 N–H and O–H groups in total. The summed E-state index contributed by atoms with van der Waals surface area (Å²) in [7, 11) is 0. The number of hydrogen-bond acceptors (Lipinski definition) is 13. The lowest BCUT2D eigenvalue weighted by atomic mass is 9.97. The number of carboxylic acid groups (broad SMARTS) is 4. The van der Waals surface area contributed by atoms with Crippen molar-refractivity contribution in [3.8, 4) is 67.5 Å². The highest BCUT2D eigenvalue weighted by Gasteiger charge is 2.37. The molecule has 21 heteroatoms. The van der Waals surface area contributed by atoms with Gasteiger partial charge in [-0.25, -0.2) is 0 Å². The number of unbranched alkanes of at least 4 members (excludes halogenated alkanes) is 8. The molecule has 4 saturated carbocycles. The molecular formula is C125H132N4O16S. The molecule has 0 bridgehead atoms. The summed E-state index contributed by atoms with van der Waals surface area (Å²) >= 11 is 1.64. The Morgan fingerprint density at radius 3 is 0.952 bits per heavy atom. The number of nitrogens with zero attached hydrogens (tertiary/aromatic N) is 4. The molecule has 0 spiro atoms. The highest BCUT2D eigenvalue weighted by molar-refractivity contribution is 7.08. The number of fused-ring (bicyclic) bond motifs is 2. The van der Waals surface area contributed by atoms with Crippen molar-refractivity contribution in [3.63, 3.8) is 0 Å². The smallest absolute Gasteiger partial charge is 0.303 e. The summed E-state index contributed by atoms with van der Waals surface area (Å²) < 4.78 is 60.3. The van der Waals surface area contributed by atoms with Crippen molar-refractivity contribution in [1.29, 1.82) is 0 Å². The molecule has 18 rings (SSSR count). The lowest BCUT2D eigenvalue weighted by Crippen LogP contribution is -2.38. The molecule has 754 valence electrons. The molecule has 13 aromatic carbocycles. The molecule has 20 nitrogen and oxygen atoms in total. The van der Waals surface area contributed by atoms with Crippen LogP contribution < -0.4 is 18.9 Å². The maximum Gasteiger partial charge on any atom is 0.303 e. The average Bonchev–Trinajstić information content (AvgIpc) is 1.70. The van der Waals surface area contributed by atoms with Crippen LogP contribution in [-0.2, 0) is 45.3 Å². The Hall–Kier alpha value is -15.0. The number of aryl methyl sites for hydroxylation is 1. The van der Waals surface area contributed by atoms with E-state index >= 15 is 0 Å². The van der Waals surface area contributed by atoms with Gasteiger partial charge in [0.25, 0.3) is 23.6 Å². The summed E-state index contributed by atoms with van der Waals surface area (Å²) in [5, 5.41) is 44.0. The molecule has 4 amide bonds. The summed E-state index contributed by atoms with van der Waals surface area (Å²) in [5.41, 5.74) is 14.9. The van der Waals surface area contributed by atoms with Crippen LogP contribution in [0.1, 0.15) is 242 Å². The minimum Gasteiger partial charge on any atom is -0.493 e. The first-order valence-electron chi connectivity index (χ1n) is 53.5. The van der Waals surface area contributed by atoms with Crippen LogP contribution in [0.25, 0.3) is 66.1 Å². The second kappa shape index (κ2) is 54.1. The molecule has 1 aromatic heterocycles. The predicted octanol–water partition coefficient (Wildman–Crippen LogP) is 28.2. The fourth-order valence-corrected chi connectivity index (χ4v) is 18.6. The van der Waals surface area contributed by atoms with Gasteiger partial charge in [0.05, 0.1) is 31.9 Å². The number of benzene rings is 13. The van der Waals surface area contributed by atoms with Crippen molar-refractivity contribution in [2.24, 2.45) is 0 Å². The lowest BCUT2D eigenvalue weighted by molar-refractivity contribution is -0.138. The number of para-hydroxylation sites is 4. The van der Waals surface area contributed by atoms with Gasteiger partial charge in [0.2, 0.25) is 0 Å². The molecule has 14 aromatic rings. The van der Waals surface area contributed by atoms with Crippen molar-refractivity contribution in [1.82, 2.24) is 19.6 Å². The van der Waals surface area contributed by atoms with Gasteiger partial charge >= 0.3 is 23.9 Å². The molecular weight excluding hydrogens is 1850 g/mol. The third-order valence-corrected chi connectivity index (χ3v) is 27.1. The van der Waals surface area contributed by atoms with Crippen molar-refractivity contribution < 1.29 is 83.2 Å². The van der Waals surface area contributed by atoms with Crippen LogP contribution in [0.5, 0.6) is 23.0 Å². The zero-order chi connectivity index (χ0) is 105.